The third-order valence-corrected chi connectivity index (χ3v) is 4.26. The molecule has 0 atom stereocenters. The molecule has 0 unspecified atom stereocenters. The summed E-state index contributed by atoms with van der Waals surface area (Å²) in [6.45, 7) is 7.31. The van der Waals surface area contributed by atoms with Crippen LogP contribution in [0.15, 0.2) is 6.20 Å². The minimum Gasteiger partial charge on any atom is -0.311 e. The van der Waals surface area contributed by atoms with Crippen molar-refractivity contribution in [1.29, 1.82) is 0 Å². The fraction of sp³-hybridized carbons (Fsp3) is 0.643. The van der Waals surface area contributed by atoms with Crippen molar-refractivity contribution in [2.45, 2.75) is 46.6 Å². The number of nitrogens with one attached hydrogen (secondary N) is 1. The van der Waals surface area contributed by atoms with E-state index in [1.54, 1.807) is 20.0 Å². The number of nitro groups is 1. The molecule has 1 heterocycles. The summed E-state index contributed by atoms with van der Waals surface area (Å²) in [5.74, 6) is 0. The Hall–Kier alpha value is -1.49. The van der Waals surface area contributed by atoms with Gasteiger partial charge in [0, 0.05) is 30.4 Å². The lowest BCUT2D eigenvalue weighted by Gasteiger charge is -2.14. The molecule has 0 saturated heterocycles. The maximum atomic E-state index is 11.0. The monoisotopic (exact) mass is 263 g/mol. The highest BCUT2D eigenvalue weighted by Crippen LogP contribution is 2.47. The van der Waals surface area contributed by atoms with Crippen LogP contribution in [0.4, 0.5) is 5.69 Å². The van der Waals surface area contributed by atoms with Gasteiger partial charge in [0.1, 0.15) is 0 Å². The zero-order chi connectivity index (χ0) is 14.0. The van der Waals surface area contributed by atoms with Gasteiger partial charge in [0.15, 0.2) is 0 Å². The Morgan fingerprint density at radius 2 is 2.16 bits per heavy atom. The third kappa shape index (κ3) is 2.92. The highest BCUT2D eigenvalue weighted by atomic mass is 16.6. The molecule has 1 fully saturated rings. The van der Waals surface area contributed by atoms with Gasteiger partial charge in [0.2, 0.25) is 0 Å². The van der Waals surface area contributed by atoms with Crippen LogP contribution in [0.5, 0.6) is 0 Å². The zero-order valence-corrected chi connectivity index (χ0v) is 11.8. The third-order valence-electron chi connectivity index (χ3n) is 4.26. The Bertz CT molecular complexity index is 496. The molecular weight excluding hydrogens is 242 g/mol. The van der Waals surface area contributed by atoms with Crippen molar-refractivity contribution in [3.8, 4) is 0 Å². The summed E-state index contributed by atoms with van der Waals surface area (Å²) in [5.41, 5.74) is 2.76. The largest absolute Gasteiger partial charge is 0.311 e. The van der Waals surface area contributed by atoms with E-state index in [-0.39, 0.29) is 10.6 Å². The van der Waals surface area contributed by atoms with Crippen molar-refractivity contribution in [2.75, 3.05) is 6.54 Å². The molecule has 1 aromatic heterocycles. The quantitative estimate of drug-likeness (QED) is 0.633. The first-order valence-electron chi connectivity index (χ1n) is 6.79. The maximum absolute atomic E-state index is 11.0. The van der Waals surface area contributed by atoms with E-state index in [2.05, 4.69) is 17.2 Å². The summed E-state index contributed by atoms with van der Waals surface area (Å²) < 4.78 is 0. The van der Waals surface area contributed by atoms with Crippen molar-refractivity contribution >= 4 is 5.69 Å². The van der Waals surface area contributed by atoms with Gasteiger partial charge in [-0.05, 0) is 38.5 Å². The first kappa shape index (κ1) is 13.9. The van der Waals surface area contributed by atoms with Crippen LogP contribution in [0.1, 0.15) is 43.0 Å². The second kappa shape index (κ2) is 5.25. The Balaban J connectivity index is 2.04. The summed E-state index contributed by atoms with van der Waals surface area (Å²) in [5, 5.41) is 14.4. The molecule has 1 aliphatic rings. The van der Waals surface area contributed by atoms with Gasteiger partial charge in [-0.15, -0.1) is 0 Å². The van der Waals surface area contributed by atoms with E-state index < -0.39 is 0 Å². The molecule has 0 spiro atoms. The minimum atomic E-state index is -0.315. The van der Waals surface area contributed by atoms with Gasteiger partial charge in [-0.3, -0.25) is 15.1 Å². The lowest BCUT2D eigenvalue weighted by atomic mass is 10.0. The fourth-order valence-corrected chi connectivity index (χ4v) is 2.50. The smallest absolute Gasteiger partial charge is 0.278 e. The van der Waals surface area contributed by atoms with Crippen molar-refractivity contribution in [3.63, 3.8) is 0 Å². The van der Waals surface area contributed by atoms with Crippen LogP contribution < -0.4 is 5.32 Å². The molecule has 5 nitrogen and oxygen atoms in total. The predicted octanol–water partition coefficient (Wildman–Crippen LogP) is 2.89. The van der Waals surface area contributed by atoms with Crippen LogP contribution >= 0.6 is 0 Å². The number of pyridine rings is 1. The van der Waals surface area contributed by atoms with Crippen LogP contribution in [-0.4, -0.2) is 16.5 Å². The lowest BCUT2D eigenvalue weighted by molar-refractivity contribution is -0.386. The van der Waals surface area contributed by atoms with E-state index in [4.69, 9.17) is 0 Å². The second-order valence-corrected chi connectivity index (χ2v) is 5.58. The molecule has 0 aromatic carbocycles. The highest BCUT2D eigenvalue weighted by molar-refractivity contribution is 5.47. The van der Waals surface area contributed by atoms with Gasteiger partial charge in [-0.2, -0.15) is 0 Å². The molecule has 1 saturated carbocycles. The van der Waals surface area contributed by atoms with E-state index in [0.717, 1.165) is 12.2 Å². The summed E-state index contributed by atoms with van der Waals surface area (Å²) >= 11 is 0. The number of aromatic nitrogens is 1. The standard InChI is InChI=1S/C14H21N3O2/c1-4-14(5-6-14)9-15-8-12-11(3)13(17(18)19)10(2)7-16-12/h7,15H,4-6,8-9H2,1-3H3. The molecule has 19 heavy (non-hydrogen) atoms. The molecule has 0 bridgehead atoms. The van der Waals surface area contributed by atoms with Crippen molar-refractivity contribution in [1.82, 2.24) is 10.3 Å². The summed E-state index contributed by atoms with van der Waals surface area (Å²) in [6, 6.07) is 0. The van der Waals surface area contributed by atoms with Gasteiger partial charge in [-0.25, -0.2) is 0 Å². The molecule has 5 heteroatoms. The number of nitrogens with zero attached hydrogens (tertiary/aromatic N) is 2. The van der Waals surface area contributed by atoms with E-state index in [1.165, 1.54) is 19.3 Å². The minimum absolute atomic E-state index is 0.198. The van der Waals surface area contributed by atoms with E-state index in [9.17, 15) is 10.1 Å². The molecular formula is C14H21N3O2. The number of aryl methyl sites for hydroxylation is 1. The van der Waals surface area contributed by atoms with Crippen LogP contribution in [0.25, 0.3) is 0 Å². The lowest BCUT2D eigenvalue weighted by Crippen LogP contribution is -2.24. The Morgan fingerprint density at radius 1 is 1.47 bits per heavy atom. The molecule has 2 rings (SSSR count). The van der Waals surface area contributed by atoms with E-state index in [1.807, 2.05) is 0 Å². The molecule has 1 aliphatic carbocycles. The normalized spacial score (nSPS) is 16.4. The Morgan fingerprint density at radius 3 is 2.68 bits per heavy atom. The molecule has 104 valence electrons. The van der Waals surface area contributed by atoms with Crippen molar-refractivity contribution in [3.05, 3.63) is 33.1 Å². The van der Waals surface area contributed by atoms with Crippen molar-refractivity contribution in [2.24, 2.45) is 5.41 Å². The zero-order valence-electron chi connectivity index (χ0n) is 11.8. The summed E-state index contributed by atoms with van der Waals surface area (Å²) in [4.78, 5) is 15.0. The van der Waals surface area contributed by atoms with Gasteiger partial charge in [0.25, 0.3) is 5.69 Å². The van der Waals surface area contributed by atoms with E-state index >= 15 is 0 Å². The van der Waals surface area contributed by atoms with Gasteiger partial charge in [-0.1, -0.05) is 6.92 Å². The van der Waals surface area contributed by atoms with Crippen LogP contribution in [0.2, 0.25) is 0 Å². The topological polar surface area (TPSA) is 68.1 Å². The predicted molar refractivity (Wildman–Crippen MR) is 74.0 cm³/mol. The van der Waals surface area contributed by atoms with Crippen LogP contribution in [0.3, 0.4) is 0 Å². The molecule has 0 amide bonds. The van der Waals surface area contributed by atoms with Crippen LogP contribution in [0, 0.1) is 29.4 Å². The maximum Gasteiger partial charge on any atom is 0.278 e. The highest BCUT2D eigenvalue weighted by Gasteiger charge is 2.39. The van der Waals surface area contributed by atoms with Gasteiger partial charge >= 0.3 is 0 Å². The molecule has 1 N–H and O–H groups in total. The molecule has 0 radical (unpaired) electrons. The van der Waals surface area contributed by atoms with Crippen LogP contribution in [-0.2, 0) is 6.54 Å². The van der Waals surface area contributed by atoms with Gasteiger partial charge < -0.3 is 5.32 Å². The summed E-state index contributed by atoms with van der Waals surface area (Å²) in [7, 11) is 0. The first-order valence-corrected chi connectivity index (χ1v) is 6.79. The molecule has 1 aromatic rings. The van der Waals surface area contributed by atoms with E-state index in [0.29, 0.717) is 23.1 Å². The summed E-state index contributed by atoms with van der Waals surface area (Å²) in [6.07, 6.45) is 5.36. The van der Waals surface area contributed by atoms with Gasteiger partial charge in [0.05, 0.1) is 10.6 Å². The average molecular weight is 263 g/mol. The Labute approximate surface area is 113 Å². The number of hydrogen-bond donors (Lipinski definition) is 1. The first-order chi connectivity index (χ1) is 8.99. The molecule has 0 aliphatic heterocycles. The Kier molecular flexibility index (Phi) is 3.85. The number of hydrogen-bond acceptors (Lipinski definition) is 4. The number of rotatable bonds is 6. The van der Waals surface area contributed by atoms with Crippen molar-refractivity contribution < 1.29 is 4.92 Å². The average Bonchev–Trinajstić information content (AvgIpc) is 3.12. The second-order valence-electron chi connectivity index (χ2n) is 5.58. The fourth-order valence-electron chi connectivity index (χ4n) is 2.50. The SMILES string of the molecule is CCC1(CNCc2ncc(C)c([N+](=O)[O-])c2C)CC1.